The maximum Gasteiger partial charge on any atom is 0.297 e. The number of nitrogens with zero attached hydrogens (tertiary/aromatic N) is 3. The van der Waals surface area contributed by atoms with Gasteiger partial charge in [-0.25, -0.2) is 9.97 Å². The summed E-state index contributed by atoms with van der Waals surface area (Å²) in [7, 11) is 0. The first-order valence-corrected chi connectivity index (χ1v) is 8.56. The molecule has 1 amide bonds. The van der Waals surface area contributed by atoms with Crippen LogP contribution in [0.15, 0.2) is 15.5 Å². The van der Waals surface area contributed by atoms with Crippen LogP contribution in [0.3, 0.4) is 0 Å². The summed E-state index contributed by atoms with van der Waals surface area (Å²) in [4.78, 5) is 32.8. The number of hydrogen-bond donors (Lipinski definition) is 1. The largest absolute Gasteiger partial charge is 0.430 e. The standard InChI is InChI=1S/C18H20N4O3/c1-9(2)6-12-10-4-3-5-11(10)14-15-16(25-17(14)21-12)18(24)22(8-20-15)7-13(19)23/h8-9H,3-7H2,1-2H3,(H2,19,23). The SMILES string of the molecule is CC(C)Cc1nc2oc3c(=O)n(CC(N)=O)cnc3c2c2c1CCC2. The minimum absolute atomic E-state index is 0.141. The second-order valence-electron chi connectivity index (χ2n) is 7.07. The first-order valence-electron chi connectivity index (χ1n) is 8.56. The molecule has 0 fully saturated rings. The molecule has 0 bridgehead atoms. The molecule has 0 aromatic carbocycles. The number of carbonyl (C=O) groups excluding carboxylic acids is 1. The Hall–Kier alpha value is -2.70. The van der Waals surface area contributed by atoms with Crippen LogP contribution in [0.1, 0.15) is 37.1 Å². The van der Waals surface area contributed by atoms with E-state index in [9.17, 15) is 9.59 Å². The lowest BCUT2D eigenvalue weighted by Crippen LogP contribution is -2.27. The fourth-order valence-electron chi connectivity index (χ4n) is 3.70. The first kappa shape index (κ1) is 15.8. The molecule has 7 nitrogen and oxygen atoms in total. The minimum atomic E-state index is -0.599. The van der Waals surface area contributed by atoms with Crippen LogP contribution in [0.25, 0.3) is 22.2 Å². The van der Waals surface area contributed by atoms with Crippen molar-refractivity contribution in [1.82, 2.24) is 14.5 Å². The van der Waals surface area contributed by atoms with Crippen LogP contribution in [0, 0.1) is 5.92 Å². The average Bonchev–Trinajstić information content (AvgIpc) is 3.13. The monoisotopic (exact) mass is 340 g/mol. The number of rotatable bonds is 4. The van der Waals surface area contributed by atoms with Gasteiger partial charge in [0.05, 0.1) is 11.7 Å². The highest BCUT2D eigenvalue weighted by molar-refractivity contribution is 6.03. The number of hydrogen-bond acceptors (Lipinski definition) is 5. The number of nitrogens with two attached hydrogens (primary N) is 1. The summed E-state index contributed by atoms with van der Waals surface area (Å²) in [5.74, 6) is -0.109. The molecule has 0 saturated heterocycles. The molecule has 3 heterocycles. The Morgan fingerprint density at radius 1 is 1.36 bits per heavy atom. The Morgan fingerprint density at radius 2 is 2.12 bits per heavy atom. The van der Waals surface area contributed by atoms with Gasteiger partial charge in [-0.3, -0.25) is 14.2 Å². The molecule has 1 aliphatic rings. The summed E-state index contributed by atoms with van der Waals surface area (Å²) < 4.78 is 6.96. The van der Waals surface area contributed by atoms with Crippen molar-refractivity contribution in [1.29, 1.82) is 0 Å². The summed E-state index contributed by atoms with van der Waals surface area (Å²) in [6, 6.07) is 0. The van der Waals surface area contributed by atoms with E-state index in [1.54, 1.807) is 0 Å². The van der Waals surface area contributed by atoms with Crippen molar-refractivity contribution in [3.05, 3.63) is 33.5 Å². The average molecular weight is 340 g/mol. The fourth-order valence-corrected chi connectivity index (χ4v) is 3.70. The van der Waals surface area contributed by atoms with Crippen LogP contribution in [-0.2, 0) is 30.6 Å². The molecule has 25 heavy (non-hydrogen) atoms. The second-order valence-corrected chi connectivity index (χ2v) is 7.07. The molecule has 3 aromatic rings. The van der Waals surface area contributed by atoms with E-state index in [4.69, 9.17) is 15.1 Å². The van der Waals surface area contributed by atoms with Crippen molar-refractivity contribution >= 4 is 28.1 Å². The van der Waals surface area contributed by atoms with E-state index in [0.29, 0.717) is 17.1 Å². The van der Waals surface area contributed by atoms with Crippen LogP contribution in [0.2, 0.25) is 0 Å². The van der Waals surface area contributed by atoms with Gasteiger partial charge in [-0.1, -0.05) is 13.8 Å². The quantitative estimate of drug-likeness (QED) is 0.778. The summed E-state index contributed by atoms with van der Waals surface area (Å²) in [6.45, 7) is 4.11. The number of pyridine rings is 1. The van der Waals surface area contributed by atoms with Crippen LogP contribution >= 0.6 is 0 Å². The summed E-state index contributed by atoms with van der Waals surface area (Å²) in [5, 5.41) is 0.846. The summed E-state index contributed by atoms with van der Waals surface area (Å²) in [6.07, 6.45) is 5.26. The highest BCUT2D eigenvalue weighted by atomic mass is 16.3. The van der Waals surface area contributed by atoms with Crippen molar-refractivity contribution < 1.29 is 9.21 Å². The van der Waals surface area contributed by atoms with E-state index in [0.717, 1.165) is 36.8 Å². The third kappa shape index (κ3) is 2.50. The zero-order chi connectivity index (χ0) is 17.7. The van der Waals surface area contributed by atoms with Crippen LogP contribution in [-0.4, -0.2) is 20.4 Å². The van der Waals surface area contributed by atoms with E-state index in [-0.39, 0.29) is 12.1 Å². The van der Waals surface area contributed by atoms with Crippen molar-refractivity contribution in [2.24, 2.45) is 11.7 Å². The van der Waals surface area contributed by atoms with Gasteiger partial charge < -0.3 is 10.2 Å². The molecule has 3 aromatic heterocycles. The lowest BCUT2D eigenvalue weighted by molar-refractivity contribution is -0.118. The number of furan rings is 1. The van der Waals surface area contributed by atoms with Gasteiger partial charge in [-0.05, 0) is 42.7 Å². The zero-order valence-corrected chi connectivity index (χ0v) is 14.3. The number of fused-ring (bicyclic) bond motifs is 5. The molecule has 0 saturated carbocycles. The van der Waals surface area contributed by atoms with Gasteiger partial charge in [0.2, 0.25) is 17.2 Å². The first-order chi connectivity index (χ1) is 12.0. The smallest absolute Gasteiger partial charge is 0.297 e. The zero-order valence-electron chi connectivity index (χ0n) is 14.3. The van der Waals surface area contributed by atoms with Gasteiger partial charge in [0.1, 0.15) is 12.1 Å². The predicted octanol–water partition coefficient (Wildman–Crippen LogP) is 1.71. The number of primary amides is 1. The predicted molar refractivity (Wildman–Crippen MR) is 93.3 cm³/mol. The molecule has 0 atom stereocenters. The number of amides is 1. The van der Waals surface area contributed by atoms with E-state index in [2.05, 4.69) is 18.8 Å². The van der Waals surface area contributed by atoms with Crippen LogP contribution in [0.5, 0.6) is 0 Å². The molecule has 7 heteroatoms. The van der Waals surface area contributed by atoms with E-state index >= 15 is 0 Å². The number of aromatic nitrogens is 3. The van der Waals surface area contributed by atoms with Gasteiger partial charge in [-0.15, -0.1) is 0 Å². The van der Waals surface area contributed by atoms with Gasteiger partial charge in [0.15, 0.2) is 0 Å². The lowest BCUT2D eigenvalue weighted by atomic mass is 9.99. The third-order valence-electron chi connectivity index (χ3n) is 4.68. The number of aryl methyl sites for hydroxylation is 1. The lowest BCUT2D eigenvalue weighted by Gasteiger charge is -2.10. The van der Waals surface area contributed by atoms with Gasteiger partial charge >= 0.3 is 0 Å². The topological polar surface area (TPSA) is 104 Å². The Balaban J connectivity index is 2.01. The Labute approximate surface area is 143 Å². The van der Waals surface area contributed by atoms with Crippen LogP contribution in [0.4, 0.5) is 0 Å². The summed E-state index contributed by atoms with van der Waals surface area (Å²) in [5.41, 5.74) is 9.47. The van der Waals surface area contributed by atoms with Crippen molar-refractivity contribution in [2.75, 3.05) is 0 Å². The highest BCUT2D eigenvalue weighted by Crippen LogP contribution is 2.36. The van der Waals surface area contributed by atoms with E-state index in [1.807, 2.05) is 0 Å². The molecular formula is C18H20N4O3. The normalized spacial score (nSPS) is 13.9. The Morgan fingerprint density at radius 3 is 2.84 bits per heavy atom. The molecule has 0 spiro atoms. The summed E-state index contributed by atoms with van der Waals surface area (Å²) >= 11 is 0. The molecule has 2 N–H and O–H groups in total. The molecule has 1 aliphatic carbocycles. The van der Waals surface area contributed by atoms with Crippen LogP contribution < -0.4 is 11.3 Å². The Kier molecular flexibility index (Phi) is 3.59. The fraction of sp³-hybridized carbons (Fsp3) is 0.444. The minimum Gasteiger partial charge on any atom is -0.430 e. The maximum absolute atomic E-state index is 12.6. The molecule has 0 aliphatic heterocycles. The van der Waals surface area contributed by atoms with E-state index in [1.165, 1.54) is 22.0 Å². The number of carbonyl (C=O) groups is 1. The maximum atomic E-state index is 12.6. The molecule has 4 rings (SSSR count). The van der Waals surface area contributed by atoms with Gasteiger partial charge in [0, 0.05) is 5.69 Å². The molecule has 130 valence electrons. The van der Waals surface area contributed by atoms with Crippen molar-refractivity contribution in [3.63, 3.8) is 0 Å². The second kappa shape index (κ2) is 5.68. The van der Waals surface area contributed by atoms with Crippen molar-refractivity contribution in [2.45, 2.75) is 46.1 Å². The van der Waals surface area contributed by atoms with Crippen molar-refractivity contribution in [3.8, 4) is 0 Å². The molecule has 0 radical (unpaired) electrons. The molecular weight excluding hydrogens is 320 g/mol. The van der Waals surface area contributed by atoms with Gasteiger partial charge in [-0.2, -0.15) is 0 Å². The Bertz CT molecular complexity index is 1060. The molecule has 0 unspecified atom stereocenters. The highest BCUT2D eigenvalue weighted by Gasteiger charge is 2.25. The van der Waals surface area contributed by atoms with E-state index < -0.39 is 11.5 Å². The van der Waals surface area contributed by atoms with Gasteiger partial charge in [0.25, 0.3) is 5.56 Å². The third-order valence-corrected chi connectivity index (χ3v) is 4.68.